The molecule has 176 valence electrons. The molecular weight excluding hydrogens is 466 g/mol. The molecule has 2 N–H and O–H groups in total. The second-order valence-electron chi connectivity index (χ2n) is 7.96. The van der Waals surface area contributed by atoms with Gasteiger partial charge in [0.2, 0.25) is 5.91 Å². The normalized spacial score (nSPS) is 22.3. The Morgan fingerprint density at radius 2 is 1.97 bits per heavy atom. The fourth-order valence-electron chi connectivity index (χ4n) is 4.13. The minimum atomic E-state index is -3.52. The van der Waals surface area contributed by atoms with Crippen molar-refractivity contribution in [2.75, 3.05) is 19.5 Å². The van der Waals surface area contributed by atoms with Crippen LogP contribution in [-0.2, 0) is 9.53 Å². The first-order valence-electron chi connectivity index (χ1n) is 9.90. The van der Waals surface area contributed by atoms with Gasteiger partial charge in [0.25, 0.3) is 5.92 Å². The van der Waals surface area contributed by atoms with Gasteiger partial charge in [0.1, 0.15) is 5.41 Å². The Labute approximate surface area is 191 Å². The zero-order valence-corrected chi connectivity index (χ0v) is 18.8. The van der Waals surface area contributed by atoms with E-state index in [9.17, 15) is 22.4 Å². The third-order valence-electron chi connectivity index (χ3n) is 6.17. The number of fused-ring (bicyclic) bond motifs is 1. The van der Waals surface area contributed by atoms with Gasteiger partial charge in [0, 0.05) is 25.8 Å². The van der Waals surface area contributed by atoms with Gasteiger partial charge in [-0.05, 0) is 19.9 Å². The minimum absolute atomic E-state index is 0.176. The monoisotopic (exact) mass is 485 g/mol. The third-order valence-corrected chi connectivity index (χ3v) is 6.35. The SMILES string of the molecule is CNC(=O)C1(C)C(c2ccc(Nc3cnc4cc(Cl)nn4c3[C@H](C)OC)c(F)c2F)C1(F)F. The summed E-state index contributed by atoms with van der Waals surface area (Å²) in [6, 6.07) is 3.70. The van der Waals surface area contributed by atoms with Gasteiger partial charge in [-0.3, -0.25) is 4.79 Å². The fourth-order valence-corrected chi connectivity index (χ4v) is 4.30. The number of methoxy groups -OCH3 is 1. The van der Waals surface area contributed by atoms with E-state index in [-0.39, 0.29) is 16.5 Å². The maximum atomic E-state index is 15.0. The number of rotatable bonds is 6. The molecule has 3 aromatic rings. The van der Waals surface area contributed by atoms with Gasteiger partial charge in [-0.1, -0.05) is 17.7 Å². The minimum Gasteiger partial charge on any atom is -0.375 e. The Hall–Kier alpha value is -2.92. The summed E-state index contributed by atoms with van der Waals surface area (Å²) in [5.41, 5.74) is -1.97. The number of hydrogen-bond donors (Lipinski definition) is 2. The van der Waals surface area contributed by atoms with Gasteiger partial charge < -0.3 is 15.4 Å². The Morgan fingerprint density at radius 3 is 2.61 bits per heavy atom. The van der Waals surface area contributed by atoms with E-state index < -0.39 is 46.5 Å². The molecule has 1 aliphatic carbocycles. The number of ether oxygens (including phenoxy) is 1. The van der Waals surface area contributed by atoms with Crippen molar-refractivity contribution < 1.29 is 27.1 Å². The second kappa shape index (κ2) is 7.84. The summed E-state index contributed by atoms with van der Waals surface area (Å²) < 4.78 is 65.6. The Kier molecular flexibility index (Phi) is 5.52. The van der Waals surface area contributed by atoms with E-state index in [0.717, 1.165) is 19.1 Å². The first kappa shape index (κ1) is 23.2. The van der Waals surface area contributed by atoms with Gasteiger partial charge in [-0.15, -0.1) is 0 Å². The van der Waals surface area contributed by atoms with Crippen LogP contribution in [0.2, 0.25) is 5.15 Å². The van der Waals surface area contributed by atoms with Crippen LogP contribution < -0.4 is 10.6 Å². The molecule has 0 bridgehead atoms. The quantitative estimate of drug-likeness (QED) is 0.499. The summed E-state index contributed by atoms with van der Waals surface area (Å²) in [4.78, 5) is 16.2. The highest BCUT2D eigenvalue weighted by Crippen LogP contribution is 2.71. The van der Waals surface area contributed by atoms with E-state index in [4.69, 9.17) is 16.3 Å². The van der Waals surface area contributed by atoms with Crippen molar-refractivity contribution in [2.45, 2.75) is 31.8 Å². The lowest BCUT2D eigenvalue weighted by molar-refractivity contribution is -0.128. The van der Waals surface area contributed by atoms with Crippen molar-refractivity contribution >= 4 is 34.5 Å². The van der Waals surface area contributed by atoms with E-state index in [1.165, 1.54) is 30.9 Å². The number of amides is 1. The molecule has 1 amide bonds. The van der Waals surface area contributed by atoms with E-state index >= 15 is 0 Å². The van der Waals surface area contributed by atoms with E-state index in [1.807, 2.05) is 0 Å². The van der Waals surface area contributed by atoms with Gasteiger partial charge in [-0.25, -0.2) is 27.1 Å². The van der Waals surface area contributed by atoms with E-state index in [1.54, 1.807) is 6.92 Å². The third kappa shape index (κ3) is 3.33. The maximum absolute atomic E-state index is 15.0. The molecule has 4 rings (SSSR count). The summed E-state index contributed by atoms with van der Waals surface area (Å²) in [7, 11) is 2.67. The largest absolute Gasteiger partial charge is 0.375 e. The van der Waals surface area contributed by atoms with Gasteiger partial charge in [-0.2, -0.15) is 5.10 Å². The van der Waals surface area contributed by atoms with Crippen molar-refractivity contribution in [3.05, 3.63) is 52.4 Å². The van der Waals surface area contributed by atoms with Crippen LogP contribution in [0.1, 0.15) is 37.1 Å². The number of aromatic nitrogens is 3. The number of alkyl halides is 2. The number of carbonyl (C=O) groups excluding carboxylic acids is 1. The average molecular weight is 486 g/mol. The van der Waals surface area contributed by atoms with Crippen molar-refractivity contribution in [1.82, 2.24) is 19.9 Å². The Bertz CT molecular complexity index is 1270. The number of hydrogen-bond acceptors (Lipinski definition) is 5. The van der Waals surface area contributed by atoms with Crippen LogP contribution in [-0.4, -0.2) is 40.6 Å². The predicted octanol–water partition coefficient (Wildman–Crippen LogP) is 4.60. The maximum Gasteiger partial charge on any atom is 0.271 e. The summed E-state index contributed by atoms with van der Waals surface area (Å²) in [5, 5.41) is 9.20. The Balaban J connectivity index is 1.74. The van der Waals surface area contributed by atoms with Crippen LogP contribution >= 0.6 is 11.6 Å². The molecule has 1 fully saturated rings. The van der Waals surface area contributed by atoms with Gasteiger partial charge in [0.15, 0.2) is 22.4 Å². The molecule has 2 heterocycles. The van der Waals surface area contributed by atoms with Crippen LogP contribution in [0.5, 0.6) is 0 Å². The number of carbonyl (C=O) groups is 1. The highest BCUT2D eigenvalue weighted by molar-refractivity contribution is 6.29. The van der Waals surface area contributed by atoms with Gasteiger partial charge >= 0.3 is 0 Å². The van der Waals surface area contributed by atoms with Crippen LogP contribution in [0.4, 0.5) is 28.9 Å². The molecule has 33 heavy (non-hydrogen) atoms. The van der Waals surface area contributed by atoms with Crippen LogP contribution in [0.3, 0.4) is 0 Å². The molecule has 0 radical (unpaired) electrons. The predicted molar refractivity (Wildman–Crippen MR) is 113 cm³/mol. The van der Waals surface area contributed by atoms with Crippen molar-refractivity contribution in [3.8, 4) is 0 Å². The fraction of sp³-hybridized carbons (Fsp3) is 0.381. The topological polar surface area (TPSA) is 80.5 Å². The molecule has 1 aromatic carbocycles. The van der Waals surface area contributed by atoms with Crippen molar-refractivity contribution in [3.63, 3.8) is 0 Å². The summed E-state index contributed by atoms with van der Waals surface area (Å²) >= 11 is 5.96. The average Bonchev–Trinajstić information content (AvgIpc) is 3.04. The first-order chi connectivity index (χ1) is 15.5. The smallest absolute Gasteiger partial charge is 0.271 e. The lowest BCUT2D eigenvalue weighted by Crippen LogP contribution is -2.31. The summed E-state index contributed by atoms with van der Waals surface area (Å²) in [6.07, 6.45) is 0.834. The Morgan fingerprint density at radius 1 is 1.27 bits per heavy atom. The van der Waals surface area contributed by atoms with Crippen LogP contribution in [0, 0.1) is 17.0 Å². The number of benzene rings is 1. The van der Waals surface area contributed by atoms with Crippen molar-refractivity contribution in [1.29, 1.82) is 0 Å². The number of nitrogens with one attached hydrogen (secondary N) is 2. The molecule has 1 saturated carbocycles. The summed E-state index contributed by atoms with van der Waals surface area (Å²) in [5.74, 6) is -9.10. The molecule has 0 spiro atoms. The van der Waals surface area contributed by atoms with Crippen molar-refractivity contribution in [2.24, 2.45) is 5.41 Å². The molecule has 7 nitrogen and oxygen atoms in total. The number of anilines is 2. The van der Waals surface area contributed by atoms with E-state index in [2.05, 4.69) is 20.7 Å². The number of halogens is 5. The lowest BCUT2D eigenvalue weighted by atomic mass is 9.99. The van der Waals surface area contributed by atoms with Crippen LogP contribution in [0.15, 0.2) is 24.4 Å². The van der Waals surface area contributed by atoms with E-state index in [0.29, 0.717) is 11.3 Å². The first-order valence-corrected chi connectivity index (χ1v) is 10.3. The highest BCUT2D eigenvalue weighted by atomic mass is 35.5. The zero-order chi connectivity index (χ0) is 24.3. The molecule has 1 aliphatic rings. The number of nitrogens with zero attached hydrogens (tertiary/aromatic N) is 3. The molecular formula is C21H20ClF4N5O2. The molecule has 2 unspecified atom stereocenters. The standard InChI is InChI=1S/C21H20ClF4N5O2/c1-9(33-4)17-12(8-28-14-7-13(22)30-31(14)17)29-11-6-5-10(15(23)16(11)24)18-20(2,19(32)27-3)21(18,25)26/h5-9,18,29H,1-4H3,(H,27,32)/t9-,18?,20?/m0/s1. The zero-order valence-electron chi connectivity index (χ0n) is 18.0. The second-order valence-corrected chi connectivity index (χ2v) is 8.35. The molecule has 0 aliphatic heterocycles. The van der Waals surface area contributed by atoms with Crippen LogP contribution in [0.25, 0.3) is 5.65 Å². The molecule has 2 aromatic heterocycles. The molecule has 3 atom stereocenters. The molecule has 0 saturated heterocycles. The highest BCUT2D eigenvalue weighted by Gasteiger charge is 2.82. The lowest BCUT2D eigenvalue weighted by Gasteiger charge is -2.18. The molecule has 12 heteroatoms. The summed E-state index contributed by atoms with van der Waals surface area (Å²) in [6.45, 7) is 2.74. The van der Waals surface area contributed by atoms with Gasteiger partial charge in [0.05, 0.1) is 35.3 Å².